The van der Waals surface area contributed by atoms with Gasteiger partial charge in [-0.3, -0.25) is 4.79 Å². The number of halogens is 2. The van der Waals surface area contributed by atoms with Crippen LogP contribution >= 0.6 is 0 Å². The van der Waals surface area contributed by atoms with E-state index in [0.717, 1.165) is 5.56 Å². The number of hydrogen-bond acceptors (Lipinski definition) is 7. The number of nitrogens with one attached hydrogen (secondary N) is 1. The maximum Gasteiger partial charge on any atom is 0.442 e. The van der Waals surface area contributed by atoms with E-state index < -0.39 is 33.3 Å². The van der Waals surface area contributed by atoms with Crippen LogP contribution in [-0.2, 0) is 14.5 Å². The van der Waals surface area contributed by atoms with Crippen molar-refractivity contribution < 1.29 is 32.1 Å². The Labute approximate surface area is 257 Å². The molecular weight excluding hydrogens is 590 g/mol. The van der Waals surface area contributed by atoms with Crippen molar-refractivity contribution in [3.05, 3.63) is 65.9 Å². The first-order valence-corrected chi connectivity index (χ1v) is 16.1. The molecule has 1 aliphatic heterocycles. The van der Waals surface area contributed by atoms with Gasteiger partial charge in [-0.25, -0.2) is 22.8 Å². The number of methoxy groups -OCH3 is 1. The number of carbonyl (C=O) groups is 2. The molecule has 0 spiro atoms. The molecule has 44 heavy (non-hydrogen) atoms. The third kappa shape index (κ3) is 8.10. The van der Waals surface area contributed by atoms with Gasteiger partial charge < -0.3 is 19.7 Å². The topological polar surface area (TPSA) is 110 Å². The van der Waals surface area contributed by atoms with Crippen LogP contribution in [0.5, 0.6) is 5.75 Å². The molecule has 0 bridgehead atoms. The molecule has 0 aliphatic carbocycles. The lowest BCUT2D eigenvalue weighted by molar-refractivity contribution is -0.0102. The highest BCUT2D eigenvalue weighted by Gasteiger charge is 2.33. The van der Waals surface area contributed by atoms with Crippen molar-refractivity contribution in [1.82, 2.24) is 4.98 Å². The zero-order valence-corrected chi connectivity index (χ0v) is 26.6. The van der Waals surface area contributed by atoms with Crippen molar-refractivity contribution in [3.8, 4) is 16.9 Å². The molecule has 2 aromatic carbocycles. The van der Waals surface area contributed by atoms with Crippen LogP contribution in [0.4, 0.5) is 25.1 Å². The van der Waals surface area contributed by atoms with E-state index in [9.17, 15) is 22.6 Å². The quantitative estimate of drug-likeness (QED) is 0.304. The number of hydrogen-bond donors (Lipinski definition) is 1. The Morgan fingerprint density at radius 1 is 1.09 bits per heavy atom. The summed E-state index contributed by atoms with van der Waals surface area (Å²) in [4.78, 5) is 32.8. The number of alkyl halides is 2. The van der Waals surface area contributed by atoms with Crippen molar-refractivity contribution in [2.24, 2.45) is 4.36 Å². The number of anilines is 2. The molecule has 9 nitrogen and oxygen atoms in total. The van der Waals surface area contributed by atoms with Crippen LogP contribution in [0, 0.1) is 6.92 Å². The highest BCUT2D eigenvalue weighted by molar-refractivity contribution is 7.93. The predicted octanol–water partition coefficient (Wildman–Crippen LogP) is 7.34. The highest BCUT2D eigenvalue weighted by Crippen LogP contribution is 2.35. The number of ether oxygens (including phenoxy) is 2. The van der Waals surface area contributed by atoms with Gasteiger partial charge in [-0.2, -0.15) is 0 Å². The molecule has 1 saturated heterocycles. The number of carbonyl (C=O) groups excluding carboxylic acids is 2. The van der Waals surface area contributed by atoms with Crippen molar-refractivity contribution >= 4 is 33.2 Å². The van der Waals surface area contributed by atoms with Gasteiger partial charge in [-0.1, -0.05) is 18.2 Å². The fourth-order valence-corrected chi connectivity index (χ4v) is 6.02. The lowest BCUT2D eigenvalue weighted by Gasteiger charge is -2.26. The van der Waals surface area contributed by atoms with Gasteiger partial charge in [-0.05, 0) is 75.6 Å². The van der Waals surface area contributed by atoms with Crippen LogP contribution in [0.3, 0.4) is 0 Å². The lowest BCUT2D eigenvalue weighted by Crippen LogP contribution is -2.30. The first-order chi connectivity index (χ1) is 20.6. The minimum Gasteiger partial charge on any atom is -0.497 e. The maximum absolute atomic E-state index is 14.2. The molecule has 4 rings (SSSR count). The minimum absolute atomic E-state index is 0.0428. The summed E-state index contributed by atoms with van der Waals surface area (Å²) in [6.45, 7) is 7.20. The Hall–Kier alpha value is -4.06. The third-order valence-electron chi connectivity index (χ3n) is 7.14. The summed E-state index contributed by atoms with van der Waals surface area (Å²) in [5.41, 5.74) is 1.86. The van der Waals surface area contributed by atoms with Gasteiger partial charge in [0, 0.05) is 54.5 Å². The summed E-state index contributed by atoms with van der Waals surface area (Å²) in [7, 11) is -1.63. The molecule has 3 aromatic rings. The van der Waals surface area contributed by atoms with Crippen molar-refractivity contribution in [3.63, 3.8) is 0 Å². The molecule has 1 unspecified atom stereocenters. The Balaban J connectivity index is 1.73. The van der Waals surface area contributed by atoms with Crippen LogP contribution < -0.4 is 15.0 Å². The SMILES string of the molecule is COc1ccc(-c2cnc(N3CCCC(F)(F)CC3)c(C(=O)Nc3cccc(S(C)(=O)=NC(=O)OC(C)(C)C)c3)c2C)cc1. The summed E-state index contributed by atoms with van der Waals surface area (Å²) >= 11 is 0. The molecular formula is C32H38F2N4O5S. The largest absolute Gasteiger partial charge is 0.497 e. The molecule has 0 radical (unpaired) electrons. The van der Waals surface area contributed by atoms with Gasteiger partial charge in [0.05, 0.1) is 22.4 Å². The Morgan fingerprint density at radius 3 is 2.45 bits per heavy atom. The van der Waals surface area contributed by atoms with Crippen LogP contribution in [0.2, 0.25) is 0 Å². The van der Waals surface area contributed by atoms with Crippen LogP contribution in [-0.4, -0.2) is 59.2 Å². The standard InChI is InChI=1S/C32H38F2N4O5S/c1-21-26(22-11-13-24(42-5)14-12-22)20-35-28(38-17-8-15-32(33,34)16-18-38)27(21)29(39)36-23-9-7-10-25(19-23)44(6,41)37-30(40)43-31(2,3)4/h7,9-14,19-20H,8,15-18H2,1-6H3,(H,36,39). The number of pyridine rings is 1. The number of amides is 2. The van der Waals surface area contributed by atoms with E-state index in [4.69, 9.17) is 9.47 Å². The first kappa shape index (κ1) is 32.8. The fourth-order valence-electron chi connectivity index (χ4n) is 4.92. The Bertz CT molecular complexity index is 1660. The van der Waals surface area contributed by atoms with E-state index in [1.807, 2.05) is 12.1 Å². The Kier molecular flexibility index (Phi) is 9.62. The number of nitrogens with zero attached hydrogens (tertiary/aromatic N) is 3. The van der Waals surface area contributed by atoms with Crippen molar-refractivity contribution in [2.75, 3.05) is 36.7 Å². The molecule has 1 aliphatic rings. The second-order valence-corrected chi connectivity index (χ2v) is 14.0. The molecule has 12 heteroatoms. The number of benzene rings is 2. The van der Waals surface area contributed by atoms with Gasteiger partial charge in [0.1, 0.15) is 17.2 Å². The monoisotopic (exact) mass is 628 g/mol. The average molecular weight is 629 g/mol. The minimum atomic E-state index is -3.20. The van der Waals surface area contributed by atoms with E-state index in [-0.39, 0.29) is 36.3 Å². The van der Waals surface area contributed by atoms with E-state index in [2.05, 4.69) is 14.7 Å². The highest BCUT2D eigenvalue weighted by atomic mass is 32.2. The van der Waals surface area contributed by atoms with E-state index >= 15 is 0 Å². The zero-order valence-electron chi connectivity index (χ0n) is 25.8. The normalized spacial score (nSPS) is 16.3. The average Bonchev–Trinajstić information content (AvgIpc) is 3.11. The van der Waals surface area contributed by atoms with Crippen molar-refractivity contribution in [2.45, 2.75) is 63.4 Å². The number of aromatic nitrogens is 1. The molecule has 2 amide bonds. The van der Waals surface area contributed by atoms with E-state index in [1.165, 1.54) is 12.3 Å². The van der Waals surface area contributed by atoms with Gasteiger partial charge in [0.2, 0.25) is 5.92 Å². The second kappa shape index (κ2) is 12.9. The van der Waals surface area contributed by atoms with Gasteiger partial charge >= 0.3 is 6.09 Å². The molecule has 236 valence electrons. The molecule has 1 atom stereocenters. The molecule has 1 N–H and O–H groups in total. The molecule has 1 fully saturated rings. The summed E-state index contributed by atoms with van der Waals surface area (Å²) in [6.07, 6.45) is 1.69. The summed E-state index contributed by atoms with van der Waals surface area (Å²) in [6, 6.07) is 13.5. The molecule has 1 aromatic heterocycles. The van der Waals surface area contributed by atoms with E-state index in [1.54, 1.807) is 76.2 Å². The predicted molar refractivity (Wildman–Crippen MR) is 167 cm³/mol. The van der Waals surface area contributed by atoms with Gasteiger partial charge in [0.25, 0.3) is 5.91 Å². The van der Waals surface area contributed by atoms with E-state index in [0.29, 0.717) is 34.9 Å². The molecule has 0 saturated carbocycles. The first-order valence-electron chi connectivity index (χ1n) is 14.2. The van der Waals surface area contributed by atoms with Gasteiger partial charge in [0.15, 0.2) is 0 Å². The summed E-state index contributed by atoms with van der Waals surface area (Å²) in [5.74, 6) is -2.32. The van der Waals surface area contributed by atoms with Crippen LogP contribution in [0.15, 0.2) is 64.0 Å². The fraction of sp³-hybridized carbons (Fsp3) is 0.406. The second-order valence-electron chi connectivity index (χ2n) is 11.8. The zero-order chi connectivity index (χ0) is 32.3. The number of rotatable bonds is 6. The van der Waals surface area contributed by atoms with Gasteiger partial charge in [-0.15, -0.1) is 4.36 Å². The lowest BCUT2D eigenvalue weighted by atomic mass is 9.97. The Morgan fingerprint density at radius 2 is 1.80 bits per heavy atom. The third-order valence-corrected chi connectivity index (χ3v) is 8.76. The summed E-state index contributed by atoms with van der Waals surface area (Å²) < 4.78 is 56.1. The maximum atomic E-state index is 14.2. The summed E-state index contributed by atoms with van der Waals surface area (Å²) in [5, 5.41) is 2.85. The molecule has 2 heterocycles. The van der Waals surface area contributed by atoms with Crippen molar-refractivity contribution in [1.29, 1.82) is 0 Å². The smallest absolute Gasteiger partial charge is 0.442 e. The van der Waals surface area contributed by atoms with Crippen LogP contribution in [0.25, 0.3) is 11.1 Å². The van der Waals surface area contributed by atoms with Crippen LogP contribution in [0.1, 0.15) is 56.0 Å².